The summed E-state index contributed by atoms with van der Waals surface area (Å²) in [7, 11) is -0.719. The molecule has 2 N–H and O–H groups in total. The number of amides is 2. The average molecular weight is 430 g/mol. The zero-order chi connectivity index (χ0) is 22.1. The van der Waals surface area contributed by atoms with Gasteiger partial charge in [-0.25, -0.2) is 12.7 Å². The third kappa shape index (κ3) is 4.88. The molecule has 0 heterocycles. The van der Waals surface area contributed by atoms with Gasteiger partial charge in [0.25, 0.3) is 5.91 Å². The van der Waals surface area contributed by atoms with Crippen LogP contribution in [0.2, 0.25) is 0 Å². The van der Waals surface area contributed by atoms with Gasteiger partial charge in [0.1, 0.15) is 0 Å². The van der Waals surface area contributed by atoms with E-state index in [1.54, 1.807) is 32.0 Å². The van der Waals surface area contributed by atoms with Gasteiger partial charge in [0.15, 0.2) is 0 Å². The standard InChI is InChI=1S/C22H27N3O4S/c1-14-11-18(12-20(15(14)2)30(28,29)25(3)4)21(26)23-13-16-5-9-19(10-6-16)24-22(27)17-7-8-17/h5-6,9-12,17H,7-8,13H2,1-4H3,(H,23,26)(H,24,27). The Morgan fingerprint density at radius 1 is 1.07 bits per heavy atom. The lowest BCUT2D eigenvalue weighted by Gasteiger charge is -2.16. The van der Waals surface area contributed by atoms with Gasteiger partial charge >= 0.3 is 0 Å². The Morgan fingerprint density at radius 2 is 1.70 bits per heavy atom. The number of carbonyl (C=O) groups excluding carboxylic acids is 2. The summed E-state index contributed by atoms with van der Waals surface area (Å²) >= 11 is 0. The van der Waals surface area contributed by atoms with Crippen LogP contribution < -0.4 is 10.6 Å². The summed E-state index contributed by atoms with van der Waals surface area (Å²) in [5.74, 6) is -0.156. The maximum Gasteiger partial charge on any atom is 0.251 e. The zero-order valence-corrected chi connectivity index (χ0v) is 18.5. The van der Waals surface area contributed by atoms with E-state index < -0.39 is 10.0 Å². The van der Waals surface area contributed by atoms with E-state index in [9.17, 15) is 18.0 Å². The Morgan fingerprint density at radius 3 is 2.27 bits per heavy atom. The predicted octanol–water partition coefficient (Wildman–Crippen LogP) is 2.83. The van der Waals surface area contributed by atoms with E-state index in [4.69, 9.17) is 0 Å². The Balaban J connectivity index is 1.69. The van der Waals surface area contributed by atoms with E-state index in [2.05, 4.69) is 10.6 Å². The number of hydrogen-bond acceptors (Lipinski definition) is 4. The van der Waals surface area contributed by atoms with Crippen LogP contribution in [0.3, 0.4) is 0 Å². The molecular formula is C22H27N3O4S. The Hall–Kier alpha value is -2.71. The molecule has 2 aromatic rings. The highest BCUT2D eigenvalue weighted by Crippen LogP contribution is 2.30. The first-order chi connectivity index (χ1) is 14.1. The number of carbonyl (C=O) groups is 2. The first-order valence-corrected chi connectivity index (χ1v) is 11.3. The molecule has 0 aromatic heterocycles. The minimum absolute atomic E-state index is 0.0503. The largest absolute Gasteiger partial charge is 0.348 e. The van der Waals surface area contributed by atoms with Crippen LogP contribution in [0.4, 0.5) is 5.69 Å². The fourth-order valence-electron chi connectivity index (χ4n) is 3.00. The monoisotopic (exact) mass is 429 g/mol. The van der Waals surface area contributed by atoms with Crippen molar-refractivity contribution in [2.24, 2.45) is 5.92 Å². The highest BCUT2D eigenvalue weighted by atomic mass is 32.2. The molecule has 1 saturated carbocycles. The summed E-state index contributed by atoms with van der Waals surface area (Å²) in [6.07, 6.45) is 1.90. The molecule has 160 valence electrons. The van der Waals surface area contributed by atoms with Gasteiger partial charge in [0.05, 0.1) is 4.90 Å². The maximum absolute atomic E-state index is 12.6. The van der Waals surface area contributed by atoms with Crippen molar-refractivity contribution in [3.8, 4) is 0 Å². The van der Waals surface area contributed by atoms with Gasteiger partial charge in [0.2, 0.25) is 15.9 Å². The van der Waals surface area contributed by atoms with Gasteiger partial charge in [-0.2, -0.15) is 0 Å². The van der Waals surface area contributed by atoms with Gasteiger partial charge in [-0.15, -0.1) is 0 Å². The molecule has 2 aromatic carbocycles. The van der Waals surface area contributed by atoms with Crippen LogP contribution in [0.15, 0.2) is 41.3 Å². The Kier molecular flexibility index (Phi) is 6.28. The van der Waals surface area contributed by atoms with Crippen molar-refractivity contribution in [1.29, 1.82) is 0 Å². The molecule has 30 heavy (non-hydrogen) atoms. The molecule has 7 nitrogen and oxygen atoms in total. The molecule has 0 radical (unpaired) electrons. The second-order valence-corrected chi connectivity index (χ2v) is 9.97. The van der Waals surface area contributed by atoms with Crippen LogP contribution in [-0.4, -0.2) is 38.6 Å². The van der Waals surface area contributed by atoms with Crippen molar-refractivity contribution in [3.63, 3.8) is 0 Å². The number of hydrogen-bond donors (Lipinski definition) is 2. The molecular weight excluding hydrogens is 402 g/mol. The van der Waals surface area contributed by atoms with Crippen molar-refractivity contribution in [2.45, 2.75) is 38.1 Å². The molecule has 3 rings (SSSR count). The van der Waals surface area contributed by atoms with Gasteiger partial charge in [-0.05, 0) is 67.6 Å². The molecule has 1 aliphatic rings. The number of nitrogens with zero attached hydrogens (tertiary/aromatic N) is 1. The van der Waals surface area contributed by atoms with Gasteiger partial charge in [-0.3, -0.25) is 9.59 Å². The number of sulfonamides is 1. The summed E-state index contributed by atoms with van der Waals surface area (Å²) in [6.45, 7) is 3.81. The quantitative estimate of drug-likeness (QED) is 0.707. The lowest BCUT2D eigenvalue weighted by atomic mass is 10.1. The molecule has 2 amide bonds. The number of rotatable bonds is 7. The third-order valence-electron chi connectivity index (χ3n) is 5.26. The topological polar surface area (TPSA) is 95.6 Å². The molecule has 8 heteroatoms. The summed E-state index contributed by atoms with van der Waals surface area (Å²) in [4.78, 5) is 24.6. The second-order valence-electron chi connectivity index (χ2n) is 7.85. The average Bonchev–Trinajstić information content (AvgIpc) is 3.54. The van der Waals surface area contributed by atoms with Crippen LogP contribution in [0, 0.1) is 19.8 Å². The van der Waals surface area contributed by atoms with Crippen molar-refractivity contribution in [2.75, 3.05) is 19.4 Å². The van der Waals surface area contributed by atoms with Crippen molar-refractivity contribution in [1.82, 2.24) is 9.62 Å². The molecule has 0 unspecified atom stereocenters. The number of anilines is 1. The minimum atomic E-state index is -3.65. The first-order valence-electron chi connectivity index (χ1n) is 9.81. The van der Waals surface area contributed by atoms with Crippen LogP contribution in [0.25, 0.3) is 0 Å². The lowest BCUT2D eigenvalue weighted by molar-refractivity contribution is -0.117. The highest BCUT2D eigenvalue weighted by Gasteiger charge is 2.29. The number of nitrogens with one attached hydrogen (secondary N) is 2. The molecule has 1 aliphatic carbocycles. The van der Waals surface area contributed by atoms with E-state index in [0.717, 1.165) is 34.0 Å². The predicted molar refractivity (Wildman–Crippen MR) is 116 cm³/mol. The van der Waals surface area contributed by atoms with E-state index in [0.29, 0.717) is 17.7 Å². The fraction of sp³-hybridized carbons (Fsp3) is 0.364. The summed E-state index contributed by atoms with van der Waals surface area (Å²) in [5, 5.41) is 5.70. The summed E-state index contributed by atoms with van der Waals surface area (Å²) in [6, 6.07) is 10.4. The van der Waals surface area contributed by atoms with Crippen molar-refractivity contribution >= 4 is 27.5 Å². The van der Waals surface area contributed by atoms with E-state index in [1.807, 2.05) is 12.1 Å². The maximum atomic E-state index is 12.6. The van der Waals surface area contributed by atoms with Gasteiger partial charge in [0, 0.05) is 37.8 Å². The number of benzene rings is 2. The molecule has 0 saturated heterocycles. The minimum Gasteiger partial charge on any atom is -0.348 e. The van der Waals surface area contributed by atoms with E-state index >= 15 is 0 Å². The van der Waals surface area contributed by atoms with Crippen molar-refractivity contribution in [3.05, 3.63) is 58.7 Å². The molecule has 0 bridgehead atoms. The smallest absolute Gasteiger partial charge is 0.251 e. The first kappa shape index (κ1) is 22.0. The van der Waals surface area contributed by atoms with Gasteiger partial charge in [-0.1, -0.05) is 12.1 Å². The molecule has 0 spiro atoms. The van der Waals surface area contributed by atoms with Crippen LogP contribution in [0.5, 0.6) is 0 Å². The van der Waals surface area contributed by atoms with Crippen LogP contribution >= 0.6 is 0 Å². The highest BCUT2D eigenvalue weighted by molar-refractivity contribution is 7.89. The molecule has 1 fully saturated rings. The summed E-state index contributed by atoms with van der Waals surface area (Å²) in [5.41, 5.74) is 3.27. The SMILES string of the molecule is Cc1cc(C(=O)NCc2ccc(NC(=O)C3CC3)cc2)cc(S(=O)(=O)N(C)C)c1C. The van der Waals surface area contributed by atoms with E-state index in [-0.39, 0.29) is 22.6 Å². The third-order valence-corrected chi connectivity index (χ3v) is 7.20. The second kappa shape index (κ2) is 8.57. The molecule has 0 aliphatic heterocycles. The lowest BCUT2D eigenvalue weighted by Crippen LogP contribution is -2.26. The fourth-order valence-corrected chi connectivity index (χ4v) is 4.22. The van der Waals surface area contributed by atoms with Crippen LogP contribution in [-0.2, 0) is 21.4 Å². The van der Waals surface area contributed by atoms with E-state index in [1.165, 1.54) is 20.2 Å². The summed E-state index contributed by atoms with van der Waals surface area (Å²) < 4.78 is 26.3. The number of aryl methyl sites for hydroxylation is 1. The normalized spacial score (nSPS) is 13.9. The van der Waals surface area contributed by atoms with Gasteiger partial charge < -0.3 is 10.6 Å². The Bertz CT molecular complexity index is 1070. The van der Waals surface area contributed by atoms with Crippen LogP contribution in [0.1, 0.15) is 39.9 Å². The Labute approximate surface area is 177 Å². The zero-order valence-electron chi connectivity index (χ0n) is 17.7. The molecule has 0 atom stereocenters. The van der Waals surface area contributed by atoms with Crippen molar-refractivity contribution < 1.29 is 18.0 Å².